The second-order valence-corrected chi connectivity index (χ2v) is 8.35. The van der Waals surface area contributed by atoms with Gasteiger partial charge in [0.05, 0.1) is 22.6 Å². The number of benzene rings is 2. The van der Waals surface area contributed by atoms with Crippen molar-refractivity contribution in [3.05, 3.63) is 53.1 Å². The molecule has 0 saturated carbocycles. The highest BCUT2D eigenvalue weighted by molar-refractivity contribution is 7.89. The van der Waals surface area contributed by atoms with E-state index in [4.69, 9.17) is 21.1 Å². The minimum atomic E-state index is -3.69. The Hall–Kier alpha value is -2.62. The van der Waals surface area contributed by atoms with E-state index < -0.39 is 28.5 Å². The summed E-state index contributed by atoms with van der Waals surface area (Å²) in [5, 5.41) is 2.85. The van der Waals surface area contributed by atoms with Gasteiger partial charge in [-0.3, -0.25) is 4.79 Å². The summed E-state index contributed by atoms with van der Waals surface area (Å²) in [5.74, 6) is -0.941. The third-order valence-electron chi connectivity index (χ3n) is 3.62. The number of halogens is 1. The lowest BCUT2D eigenvalue weighted by molar-refractivity contribution is -0.119. The molecule has 0 atom stereocenters. The third kappa shape index (κ3) is 5.22. The predicted octanol–water partition coefficient (Wildman–Crippen LogP) is 2.39. The van der Waals surface area contributed by atoms with Gasteiger partial charge in [0.1, 0.15) is 5.75 Å². The monoisotopic (exact) mass is 426 g/mol. The SMILES string of the molecule is COc1ccc(NC(=O)COC(=O)c2cccc(S(=O)(=O)N(C)C)c2)cc1Cl. The average molecular weight is 427 g/mol. The standard InChI is InChI=1S/C18H19ClN2O6S/c1-21(2)28(24,25)14-6-4-5-12(9-14)18(23)27-11-17(22)20-13-7-8-16(26-3)15(19)10-13/h4-10H,11H2,1-3H3,(H,20,22). The van der Waals surface area contributed by atoms with Crippen molar-refractivity contribution in [3.8, 4) is 5.75 Å². The number of amides is 1. The maximum Gasteiger partial charge on any atom is 0.338 e. The Kier molecular flexibility index (Phi) is 7.00. The van der Waals surface area contributed by atoms with Crippen molar-refractivity contribution in [1.82, 2.24) is 4.31 Å². The van der Waals surface area contributed by atoms with Crippen LogP contribution in [-0.4, -0.2) is 52.4 Å². The highest BCUT2D eigenvalue weighted by Crippen LogP contribution is 2.27. The van der Waals surface area contributed by atoms with E-state index in [0.717, 1.165) is 4.31 Å². The average Bonchev–Trinajstić information content (AvgIpc) is 2.66. The van der Waals surface area contributed by atoms with E-state index in [2.05, 4.69) is 5.32 Å². The maximum atomic E-state index is 12.1. The largest absolute Gasteiger partial charge is 0.495 e. The van der Waals surface area contributed by atoms with Crippen LogP contribution in [0.3, 0.4) is 0 Å². The van der Waals surface area contributed by atoms with E-state index in [9.17, 15) is 18.0 Å². The zero-order chi connectivity index (χ0) is 20.9. The second kappa shape index (κ2) is 9.05. The number of nitrogens with one attached hydrogen (secondary N) is 1. The first kappa shape index (κ1) is 21.7. The number of rotatable bonds is 7. The van der Waals surface area contributed by atoms with Crippen LogP contribution in [0.15, 0.2) is 47.4 Å². The highest BCUT2D eigenvalue weighted by atomic mass is 35.5. The molecular formula is C18H19ClN2O6S. The molecule has 0 unspecified atom stereocenters. The summed E-state index contributed by atoms with van der Waals surface area (Å²) in [6, 6.07) is 10.0. The first-order chi connectivity index (χ1) is 13.1. The Morgan fingerprint density at radius 1 is 1.14 bits per heavy atom. The lowest BCUT2D eigenvalue weighted by Crippen LogP contribution is -2.23. The normalized spacial score (nSPS) is 11.2. The number of hydrogen-bond donors (Lipinski definition) is 1. The predicted molar refractivity (Wildman–Crippen MR) is 104 cm³/mol. The maximum absolute atomic E-state index is 12.1. The number of ether oxygens (including phenoxy) is 2. The molecule has 2 aromatic rings. The van der Waals surface area contributed by atoms with Crippen LogP contribution in [-0.2, 0) is 19.6 Å². The summed E-state index contributed by atoms with van der Waals surface area (Å²) in [6.45, 7) is -0.548. The summed E-state index contributed by atoms with van der Waals surface area (Å²) < 4.78 is 35.3. The van der Waals surface area contributed by atoms with Gasteiger partial charge in [-0.15, -0.1) is 0 Å². The van der Waals surface area contributed by atoms with Crippen LogP contribution < -0.4 is 10.1 Å². The lowest BCUT2D eigenvalue weighted by Gasteiger charge is -2.12. The molecule has 1 N–H and O–H groups in total. The first-order valence-corrected chi connectivity index (χ1v) is 9.80. The van der Waals surface area contributed by atoms with Crippen molar-refractivity contribution in [2.75, 3.05) is 33.1 Å². The number of anilines is 1. The molecule has 0 heterocycles. The summed E-state index contributed by atoms with van der Waals surface area (Å²) in [7, 11) is 0.549. The number of hydrogen-bond acceptors (Lipinski definition) is 6. The van der Waals surface area contributed by atoms with Gasteiger partial charge in [-0.2, -0.15) is 0 Å². The van der Waals surface area contributed by atoms with Crippen LogP contribution in [0, 0.1) is 0 Å². The van der Waals surface area contributed by atoms with Crippen LogP contribution >= 0.6 is 11.6 Å². The molecule has 0 saturated heterocycles. The molecule has 150 valence electrons. The topological polar surface area (TPSA) is 102 Å². The number of methoxy groups -OCH3 is 1. The van der Waals surface area contributed by atoms with Crippen LogP contribution in [0.1, 0.15) is 10.4 Å². The molecule has 10 heteroatoms. The van der Waals surface area contributed by atoms with Crippen molar-refractivity contribution in [2.45, 2.75) is 4.90 Å². The van der Waals surface area contributed by atoms with Crippen LogP contribution in [0.25, 0.3) is 0 Å². The smallest absolute Gasteiger partial charge is 0.338 e. The number of carbonyl (C=O) groups excluding carboxylic acids is 2. The van der Waals surface area contributed by atoms with Crippen molar-refractivity contribution < 1.29 is 27.5 Å². The summed E-state index contributed by atoms with van der Waals surface area (Å²) in [4.78, 5) is 24.1. The van der Waals surface area contributed by atoms with Gasteiger partial charge < -0.3 is 14.8 Å². The van der Waals surface area contributed by atoms with Crippen molar-refractivity contribution >= 4 is 39.2 Å². The zero-order valence-electron chi connectivity index (χ0n) is 15.4. The molecule has 0 spiro atoms. The molecule has 8 nitrogen and oxygen atoms in total. The van der Waals surface area contributed by atoms with Crippen LogP contribution in [0.4, 0.5) is 5.69 Å². The number of carbonyl (C=O) groups is 2. The molecule has 0 radical (unpaired) electrons. The van der Waals surface area contributed by atoms with Crippen LogP contribution in [0.2, 0.25) is 5.02 Å². The molecule has 0 aliphatic rings. The Morgan fingerprint density at radius 2 is 1.86 bits per heavy atom. The third-order valence-corrected chi connectivity index (χ3v) is 5.72. The van der Waals surface area contributed by atoms with Crippen LogP contribution in [0.5, 0.6) is 5.75 Å². The van der Waals surface area contributed by atoms with Gasteiger partial charge in [0.2, 0.25) is 10.0 Å². The van der Waals surface area contributed by atoms with E-state index in [1.54, 1.807) is 12.1 Å². The minimum absolute atomic E-state index is 0.0169. The Labute approximate surface area is 168 Å². The van der Waals surface area contributed by atoms with E-state index in [-0.39, 0.29) is 10.5 Å². The summed E-state index contributed by atoms with van der Waals surface area (Å²) >= 11 is 5.98. The van der Waals surface area contributed by atoms with Gasteiger partial charge in [-0.1, -0.05) is 17.7 Å². The first-order valence-electron chi connectivity index (χ1n) is 7.98. The fourth-order valence-corrected chi connectivity index (χ4v) is 3.36. The molecule has 0 aliphatic carbocycles. The minimum Gasteiger partial charge on any atom is -0.495 e. The second-order valence-electron chi connectivity index (χ2n) is 5.79. The lowest BCUT2D eigenvalue weighted by atomic mass is 10.2. The highest BCUT2D eigenvalue weighted by Gasteiger charge is 2.19. The summed E-state index contributed by atoms with van der Waals surface area (Å²) in [5.41, 5.74) is 0.425. The molecule has 2 rings (SSSR count). The number of nitrogens with zero attached hydrogens (tertiary/aromatic N) is 1. The van der Waals surface area contributed by atoms with Crippen molar-refractivity contribution in [1.29, 1.82) is 0 Å². The van der Waals surface area contributed by atoms with Crippen molar-refractivity contribution in [2.24, 2.45) is 0 Å². The molecule has 0 aliphatic heterocycles. The van der Waals surface area contributed by atoms with Gasteiger partial charge in [0.15, 0.2) is 6.61 Å². The van der Waals surface area contributed by atoms with Gasteiger partial charge >= 0.3 is 5.97 Å². The Bertz CT molecular complexity index is 991. The molecule has 28 heavy (non-hydrogen) atoms. The van der Waals surface area contributed by atoms with E-state index >= 15 is 0 Å². The molecular weight excluding hydrogens is 408 g/mol. The van der Waals surface area contributed by atoms with Crippen molar-refractivity contribution in [3.63, 3.8) is 0 Å². The fraction of sp³-hybridized carbons (Fsp3) is 0.222. The quantitative estimate of drug-likeness (QED) is 0.682. The van der Waals surface area contributed by atoms with Gasteiger partial charge in [0, 0.05) is 19.8 Å². The van der Waals surface area contributed by atoms with Gasteiger partial charge in [0.25, 0.3) is 5.91 Å². The fourth-order valence-electron chi connectivity index (χ4n) is 2.15. The molecule has 1 amide bonds. The molecule has 2 aromatic carbocycles. The number of sulfonamides is 1. The number of esters is 1. The van der Waals surface area contributed by atoms with E-state index in [0.29, 0.717) is 16.5 Å². The van der Waals surface area contributed by atoms with Gasteiger partial charge in [-0.05, 0) is 36.4 Å². The Balaban J connectivity index is 2.00. The van der Waals surface area contributed by atoms with Gasteiger partial charge in [-0.25, -0.2) is 17.5 Å². The Morgan fingerprint density at radius 3 is 2.46 bits per heavy atom. The summed E-state index contributed by atoms with van der Waals surface area (Å²) in [6.07, 6.45) is 0. The zero-order valence-corrected chi connectivity index (χ0v) is 17.0. The van der Waals surface area contributed by atoms with E-state index in [1.165, 1.54) is 51.5 Å². The molecule has 0 bridgehead atoms. The molecule has 0 fully saturated rings. The molecule has 0 aromatic heterocycles. The van der Waals surface area contributed by atoms with E-state index in [1.807, 2.05) is 0 Å².